The lowest BCUT2D eigenvalue weighted by molar-refractivity contribution is -0.141. The highest BCUT2D eigenvalue weighted by Gasteiger charge is 2.42. The van der Waals surface area contributed by atoms with Crippen LogP contribution in [0.5, 0.6) is 11.6 Å². The van der Waals surface area contributed by atoms with Crippen molar-refractivity contribution in [2.45, 2.75) is 140 Å². The number of nitrogen functional groups attached to an aromatic ring is 1. The van der Waals surface area contributed by atoms with Crippen LogP contribution in [0, 0.1) is 23.2 Å². The van der Waals surface area contributed by atoms with Crippen molar-refractivity contribution in [1.29, 1.82) is 5.26 Å². The number of fused-ring (bicyclic) bond motifs is 2. The van der Waals surface area contributed by atoms with E-state index >= 15 is 0 Å². The van der Waals surface area contributed by atoms with E-state index in [-0.39, 0.29) is 35.6 Å². The van der Waals surface area contributed by atoms with Crippen molar-refractivity contribution in [2.75, 3.05) is 72.8 Å². The molecule has 0 spiro atoms. The number of rotatable bonds is 14. The molecule has 18 nitrogen and oxygen atoms in total. The van der Waals surface area contributed by atoms with Crippen LogP contribution in [0.15, 0.2) is 83.5 Å². The van der Waals surface area contributed by atoms with Gasteiger partial charge in [0.25, 0.3) is 0 Å². The molecular formula is C59H76N12O6. The standard InChI is InChI=1S/C33H46N6O4.C26H30N6O2/c1-22(2)31(29-19-30(36-43-29)38-17-10-25(11-18-38)21-37-15-12-27(40)13-16-37)33(42)39-14-4-5-28(39)32(41)35-23(3)26-8-6-24(20-34)7-9-26;27-26-23(15-22(29-30-26)21-6-1-2-7-24(21)33)31-13-11-17-8-9-19(16-31)32(17)18-10-12-28-25(14-18)34-20-4-3-5-20/h6-9,19,22-23,25,27-28,31,40H,4-5,10-18,21H2,1-3H3,(H,35,41);1-2,6-7,10,12,14-15,17,19-20,33H,3-5,8-9,11,13,16H2,(H2,27,30). The third-order valence-electron chi connectivity index (χ3n) is 17.0. The van der Waals surface area contributed by atoms with Crippen LogP contribution in [0.4, 0.5) is 23.0 Å². The lowest BCUT2D eigenvalue weighted by Gasteiger charge is -2.36. The van der Waals surface area contributed by atoms with Gasteiger partial charge in [0.1, 0.15) is 23.8 Å². The molecular weight excluding hydrogens is 973 g/mol. The molecule has 11 rings (SSSR count). The zero-order valence-corrected chi connectivity index (χ0v) is 44.9. The Balaban J connectivity index is 0.000000179. The van der Waals surface area contributed by atoms with Crippen LogP contribution in [-0.2, 0) is 9.59 Å². The van der Waals surface area contributed by atoms with Crippen LogP contribution in [0.25, 0.3) is 11.3 Å². The van der Waals surface area contributed by atoms with Crippen molar-refractivity contribution in [3.05, 3.63) is 95.9 Å². The number of hydrogen-bond donors (Lipinski definition) is 4. The minimum atomic E-state index is -0.529. The quantitative estimate of drug-likeness (QED) is 0.0831. The largest absolute Gasteiger partial charge is 0.507 e. The first-order chi connectivity index (χ1) is 37.4. The van der Waals surface area contributed by atoms with E-state index in [2.05, 4.69) is 63.5 Å². The second kappa shape index (κ2) is 24.1. The molecule has 6 aliphatic rings. The van der Waals surface area contributed by atoms with Gasteiger partial charge in [-0.3, -0.25) is 9.59 Å². The number of hydrogen-bond acceptors (Lipinski definition) is 16. The zero-order valence-electron chi connectivity index (χ0n) is 44.9. The van der Waals surface area contributed by atoms with Crippen LogP contribution in [-0.4, -0.2) is 135 Å². The number of ether oxygens (including phenoxy) is 1. The maximum atomic E-state index is 14.0. The number of nitrogens with two attached hydrogens (primary N) is 1. The number of pyridine rings is 1. The summed E-state index contributed by atoms with van der Waals surface area (Å²) in [5.41, 5.74) is 11.1. The number of nitrogens with one attached hydrogen (secondary N) is 1. The Morgan fingerprint density at radius 1 is 0.844 bits per heavy atom. The van der Waals surface area contributed by atoms with Crippen molar-refractivity contribution in [1.82, 2.24) is 35.5 Å². The highest BCUT2D eigenvalue weighted by molar-refractivity contribution is 5.91. The Labute approximate surface area is 452 Å². The lowest BCUT2D eigenvalue weighted by Crippen LogP contribution is -2.48. The zero-order chi connectivity index (χ0) is 53.6. The number of anilines is 4. The molecule has 1 aliphatic carbocycles. The molecule has 77 heavy (non-hydrogen) atoms. The summed E-state index contributed by atoms with van der Waals surface area (Å²) in [7, 11) is 0. The average Bonchev–Trinajstić information content (AvgIpc) is 4.19. The number of amides is 2. The predicted octanol–water partition coefficient (Wildman–Crippen LogP) is 7.83. The van der Waals surface area contributed by atoms with Gasteiger partial charge >= 0.3 is 0 Å². The van der Waals surface area contributed by atoms with Gasteiger partial charge in [0, 0.05) is 94.0 Å². The second-order valence-electron chi connectivity index (χ2n) is 22.5. The van der Waals surface area contributed by atoms with Crippen molar-refractivity contribution in [3.8, 4) is 29.0 Å². The number of nitrogens with zero attached hydrogens (tertiary/aromatic N) is 10. The van der Waals surface area contributed by atoms with Crippen molar-refractivity contribution in [2.24, 2.45) is 11.8 Å². The molecule has 5 N–H and O–H groups in total. The minimum absolute atomic E-state index is 0.0241. The SMILES string of the molecule is CC(NC(=O)C1CCCN1C(=O)C(c1cc(N2CCC(CN3CCC(O)CC3)CC2)no1)C(C)C)c1ccc(C#N)cc1.Nc1nnc(-c2ccccc2O)cc1N1CCC2CCC(C1)N2c1ccnc(OC2CCC2)c1. The maximum Gasteiger partial charge on any atom is 0.243 e. The fraction of sp³-hybridized carbons (Fsp3) is 0.542. The Bertz CT molecular complexity index is 2840. The Morgan fingerprint density at radius 2 is 1.60 bits per heavy atom. The minimum Gasteiger partial charge on any atom is -0.507 e. The van der Waals surface area contributed by atoms with Crippen LogP contribution in [0.3, 0.4) is 0 Å². The summed E-state index contributed by atoms with van der Waals surface area (Å²) in [6.45, 7) is 13.1. The molecule has 18 heteroatoms. The molecule has 2 aromatic carbocycles. The maximum absolute atomic E-state index is 14.0. The third-order valence-corrected chi connectivity index (χ3v) is 17.0. The van der Waals surface area contributed by atoms with Gasteiger partial charge in [-0.1, -0.05) is 43.3 Å². The molecule has 5 aliphatic heterocycles. The topological polar surface area (TPSA) is 227 Å². The number of likely N-dealkylation sites (tertiary alicyclic amines) is 2. The predicted molar refractivity (Wildman–Crippen MR) is 295 cm³/mol. The molecule has 5 saturated heterocycles. The van der Waals surface area contributed by atoms with Crippen LogP contribution in [0.2, 0.25) is 0 Å². The molecule has 3 aromatic heterocycles. The first-order valence-electron chi connectivity index (χ1n) is 28.2. The molecule has 2 bridgehead atoms. The van der Waals surface area contributed by atoms with Gasteiger partial charge in [-0.15, -0.1) is 10.2 Å². The summed E-state index contributed by atoms with van der Waals surface area (Å²) in [6.07, 6.45) is 14.2. The van der Waals surface area contributed by atoms with Crippen LogP contribution >= 0.6 is 0 Å². The van der Waals surface area contributed by atoms with E-state index in [0.717, 1.165) is 127 Å². The Hall–Kier alpha value is -6.97. The Morgan fingerprint density at radius 3 is 2.32 bits per heavy atom. The lowest BCUT2D eigenvalue weighted by atomic mass is 9.91. The summed E-state index contributed by atoms with van der Waals surface area (Å²) < 4.78 is 11.9. The smallest absolute Gasteiger partial charge is 0.243 e. The summed E-state index contributed by atoms with van der Waals surface area (Å²) in [4.78, 5) is 43.1. The van der Waals surface area contributed by atoms with E-state index in [1.807, 2.05) is 63.4 Å². The molecule has 5 aromatic rings. The molecule has 0 radical (unpaired) electrons. The number of aromatic nitrogens is 4. The van der Waals surface area contributed by atoms with Crippen molar-refractivity contribution in [3.63, 3.8) is 0 Å². The van der Waals surface area contributed by atoms with E-state index in [1.165, 1.54) is 18.5 Å². The number of phenols is 1. The van der Waals surface area contributed by atoms with Crippen molar-refractivity contribution >= 4 is 34.8 Å². The Kier molecular flexibility index (Phi) is 16.8. The van der Waals surface area contributed by atoms with E-state index in [1.54, 1.807) is 29.2 Å². The van der Waals surface area contributed by atoms with Gasteiger partial charge in [0.05, 0.1) is 35.2 Å². The van der Waals surface area contributed by atoms with Gasteiger partial charge < -0.3 is 55.0 Å². The van der Waals surface area contributed by atoms with Gasteiger partial charge in [0.2, 0.25) is 17.7 Å². The first kappa shape index (κ1) is 53.4. The average molecular weight is 1050 g/mol. The number of benzene rings is 2. The number of para-hydroxylation sites is 1. The fourth-order valence-electron chi connectivity index (χ4n) is 12.3. The number of carbonyl (C=O) groups excluding carboxylic acids is 2. The second-order valence-corrected chi connectivity index (χ2v) is 22.5. The summed E-state index contributed by atoms with van der Waals surface area (Å²) in [5.74, 6) is 2.52. The van der Waals surface area contributed by atoms with E-state index in [4.69, 9.17) is 20.3 Å². The number of piperidine rings is 2. The highest BCUT2D eigenvalue weighted by atomic mass is 16.5. The first-order valence-corrected chi connectivity index (χ1v) is 28.2. The van der Waals surface area contributed by atoms with Gasteiger partial charge in [0.15, 0.2) is 17.4 Å². The molecule has 8 heterocycles. The number of aromatic hydroxyl groups is 1. The molecule has 2 amide bonds. The number of aliphatic hydroxyl groups is 1. The van der Waals surface area contributed by atoms with E-state index in [9.17, 15) is 19.8 Å². The number of nitriles is 1. The summed E-state index contributed by atoms with van der Waals surface area (Å²) in [5, 5.41) is 45.1. The molecule has 408 valence electrons. The third kappa shape index (κ3) is 12.4. The van der Waals surface area contributed by atoms with E-state index in [0.29, 0.717) is 65.5 Å². The molecule has 5 unspecified atom stereocenters. The number of aliphatic hydroxyl groups excluding tert-OH is 1. The monoisotopic (exact) mass is 1050 g/mol. The van der Waals surface area contributed by atoms with Crippen LogP contribution < -0.4 is 30.5 Å². The summed E-state index contributed by atoms with van der Waals surface area (Å²) >= 11 is 0. The fourth-order valence-corrected chi connectivity index (χ4v) is 12.3. The van der Waals surface area contributed by atoms with Gasteiger partial charge in [-0.05, 0) is 138 Å². The summed E-state index contributed by atoms with van der Waals surface area (Å²) in [6, 6.07) is 24.6. The molecule has 6 fully saturated rings. The van der Waals surface area contributed by atoms with Crippen LogP contribution in [0.1, 0.15) is 127 Å². The normalized spacial score (nSPS) is 22.2. The van der Waals surface area contributed by atoms with Crippen molar-refractivity contribution < 1.29 is 29.1 Å². The van der Waals surface area contributed by atoms with Gasteiger partial charge in [-0.2, -0.15) is 5.26 Å². The molecule has 5 atom stereocenters. The van der Waals surface area contributed by atoms with Gasteiger partial charge in [-0.25, -0.2) is 4.98 Å². The number of phenolic OH excluding ortho intramolecular Hbond substituents is 1. The highest BCUT2D eigenvalue weighted by Crippen LogP contribution is 2.40. The number of carbonyl (C=O) groups is 2. The molecule has 1 saturated carbocycles. The van der Waals surface area contributed by atoms with E-state index < -0.39 is 12.0 Å².